The van der Waals surface area contributed by atoms with E-state index in [1.54, 1.807) is 66.6 Å². The van der Waals surface area contributed by atoms with Crippen molar-refractivity contribution in [1.82, 2.24) is 0 Å². The molecule has 0 aliphatic carbocycles. The summed E-state index contributed by atoms with van der Waals surface area (Å²) in [5.74, 6) is 0.753. The van der Waals surface area contributed by atoms with Crippen LogP contribution in [0.15, 0.2) is 75.9 Å². The zero-order chi connectivity index (χ0) is 24.5. The molecule has 4 aromatic rings. The van der Waals surface area contributed by atoms with Crippen molar-refractivity contribution >= 4 is 34.2 Å². The minimum Gasteiger partial charge on any atom is -0.493 e. The van der Waals surface area contributed by atoms with E-state index in [-0.39, 0.29) is 16.8 Å². The van der Waals surface area contributed by atoms with Gasteiger partial charge in [0.1, 0.15) is 5.58 Å². The fourth-order valence-electron chi connectivity index (χ4n) is 4.43. The van der Waals surface area contributed by atoms with Crippen molar-refractivity contribution in [3.05, 3.63) is 98.9 Å². The van der Waals surface area contributed by atoms with E-state index in [1.807, 2.05) is 12.1 Å². The molecule has 0 fully saturated rings. The number of ether oxygens (including phenoxy) is 2. The molecule has 0 N–H and O–H groups in total. The van der Waals surface area contributed by atoms with Gasteiger partial charge >= 0.3 is 0 Å². The number of benzene rings is 3. The predicted molar refractivity (Wildman–Crippen MR) is 136 cm³/mol. The summed E-state index contributed by atoms with van der Waals surface area (Å²) in [6.07, 6.45) is 1.94. The fraction of sp³-hybridized carbons (Fsp3) is 0.214. The van der Waals surface area contributed by atoms with Crippen LogP contribution in [0.2, 0.25) is 5.02 Å². The largest absolute Gasteiger partial charge is 0.493 e. The number of amides is 1. The first kappa shape index (κ1) is 23.0. The van der Waals surface area contributed by atoms with Gasteiger partial charge in [0.05, 0.1) is 30.7 Å². The number of nitrogens with zero attached hydrogens (tertiary/aromatic N) is 1. The summed E-state index contributed by atoms with van der Waals surface area (Å²) in [5.41, 5.74) is 1.67. The summed E-state index contributed by atoms with van der Waals surface area (Å²) in [6, 6.07) is 18.7. The van der Waals surface area contributed by atoms with Gasteiger partial charge in [-0.05, 0) is 54.4 Å². The Hall–Kier alpha value is -3.77. The average Bonchev–Trinajstić information content (AvgIpc) is 3.17. The normalized spacial score (nSPS) is 14.9. The summed E-state index contributed by atoms with van der Waals surface area (Å²) < 4.78 is 17.5. The van der Waals surface area contributed by atoms with Crippen molar-refractivity contribution in [2.45, 2.75) is 25.8 Å². The molecule has 6 nitrogen and oxygen atoms in total. The van der Waals surface area contributed by atoms with Crippen LogP contribution in [0.4, 0.5) is 5.69 Å². The molecule has 0 bridgehead atoms. The molecular formula is C28H24ClNO5. The zero-order valence-corrected chi connectivity index (χ0v) is 20.2. The number of rotatable bonds is 7. The minimum atomic E-state index is -0.726. The Morgan fingerprint density at radius 1 is 1.00 bits per heavy atom. The summed E-state index contributed by atoms with van der Waals surface area (Å²) in [6.45, 7) is 2.67. The molecule has 1 amide bonds. The number of hydrogen-bond acceptors (Lipinski definition) is 5. The van der Waals surface area contributed by atoms with Gasteiger partial charge in [-0.1, -0.05) is 49.2 Å². The molecule has 1 unspecified atom stereocenters. The minimum absolute atomic E-state index is 0.0286. The molecule has 178 valence electrons. The third-order valence-electron chi connectivity index (χ3n) is 6.12. The first-order valence-corrected chi connectivity index (χ1v) is 11.9. The second-order valence-corrected chi connectivity index (χ2v) is 8.78. The number of hydrogen-bond donors (Lipinski definition) is 0. The molecule has 3 aromatic carbocycles. The lowest BCUT2D eigenvalue weighted by atomic mass is 9.97. The Bertz CT molecular complexity index is 1480. The maximum absolute atomic E-state index is 13.7. The summed E-state index contributed by atoms with van der Waals surface area (Å²) in [4.78, 5) is 28.9. The zero-order valence-electron chi connectivity index (χ0n) is 19.4. The van der Waals surface area contributed by atoms with E-state index in [9.17, 15) is 9.59 Å². The van der Waals surface area contributed by atoms with Crippen molar-refractivity contribution < 1.29 is 18.7 Å². The van der Waals surface area contributed by atoms with Crippen LogP contribution in [0.3, 0.4) is 0 Å². The lowest BCUT2D eigenvalue weighted by Crippen LogP contribution is -2.29. The predicted octanol–water partition coefficient (Wildman–Crippen LogP) is 6.38. The number of carbonyl (C=O) groups excluding carboxylic acids is 1. The van der Waals surface area contributed by atoms with Gasteiger partial charge in [-0.2, -0.15) is 0 Å². The molecule has 1 atom stereocenters. The highest BCUT2D eigenvalue weighted by Crippen LogP contribution is 2.43. The van der Waals surface area contributed by atoms with Crippen molar-refractivity contribution in [2.75, 3.05) is 18.6 Å². The molecule has 0 saturated carbocycles. The molecule has 0 radical (unpaired) electrons. The number of fused-ring (bicyclic) bond motifs is 2. The van der Waals surface area contributed by atoms with Gasteiger partial charge in [0, 0.05) is 10.7 Å². The monoisotopic (exact) mass is 489 g/mol. The number of halogens is 1. The van der Waals surface area contributed by atoms with E-state index in [4.69, 9.17) is 25.5 Å². The third kappa shape index (κ3) is 4.04. The Labute approximate surface area is 207 Å². The van der Waals surface area contributed by atoms with E-state index in [1.165, 1.54) is 0 Å². The molecule has 2 heterocycles. The molecular weight excluding hydrogens is 466 g/mol. The molecule has 0 saturated heterocycles. The second kappa shape index (κ2) is 9.47. The smallest absolute Gasteiger partial charge is 0.295 e. The van der Waals surface area contributed by atoms with Crippen LogP contribution < -0.4 is 19.8 Å². The van der Waals surface area contributed by atoms with Crippen LogP contribution >= 0.6 is 11.6 Å². The first-order chi connectivity index (χ1) is 17.0. The van der Waals surface area contributed by atoms with Crippen LogP contribution in [0, 0.1) is 0 Å². The van der Waals surface area contributed by atoms with Crippen LogP contribution in [-0.4, -0.2) is 19.6 Å². The number of carbonyl (C=O) groups is 1. The number of para-hydroxylation sites is 1. The number of methoxy groups -OCH3 is 1. The van der Waals surface area contributed by atoms with E-state index < -0.39 is 11.9 Å². The first-order valence-electron chi connectivity index (χ1n) is 11.5. The highest BCUT2D eigenvalue weighted by molar-refractivity contribution is 6.31. The lowest BCUT2D eigenvalue weighted by Gasteiger charge is -2.26. The Morgan fingerprint density at radius 2 is 1.83 bits per heavy atom. The van der Waals surface area contributed by atoms with Gasteiger partial charge in [0.25, 0.3) is 5.91 Å². The number of unbranched alkanes of at least 4 members (excludes halogenated alkanes) is 1. The van der Waals surface area contributed by atoms with Gasteiger partial charge < -0.3 is 13.9 Å². The molecule has 1 aromatic heterocycles. The molecule has 7 heteroatoms. The van der Waals surface area contributed by atoms with Gasteiger partial charge in [0.2, 0.25) is 5.76 Å². The standard InChI is InChI=1S/C28H24ClNO5/c1-3-4-14-34-22-13-12-17(15-23(22)33-2)25-24-26(31)20-10-5-6-11-21(20)35-27(24)28(32)30(25)19-9-7-8-18(29)16-19/h5-13,15-16,25H,3-4,14H2,1-2H3. The van der Waals surface area contributed by atoms with Crippen LogP contribution in [0.25, 0.3) is 11.0 Å². The van der Waals surface area contributed by atoms with Gasteiger partial charge in [-0.3, -0.25) is 14.5 Å². The second-order valence-electron chi connectivity index (χ2n) is 8.34. The molecule has 0 spiro atoms. The lowest BCUT2D eigenvalue weighted by molar-refractivity contribution is 0.0971. The van der Waals surface area contributed by atoms with Gasteiger partial charge in [-0.25, -0.2) is 0 Å². The topological polar surface area (TPSA) is 69.0 Å². The van der Waals surface area contributed by atoms with E-state index in [2.05, 4.69) is 6.92 Å². The van der Waals surface area contributed by atoms with Crippen LogP contribution in [-0.2, 0) is 0 Å². The third-order valence-corrected chi connectivity index (χ3v) is 6.36. The summed E-state index contributed by atoms with van der Waals surface area (Å²) in [5, 5.41) is 0.898. The van der Waals surface area contributed by atoms with Gasteiger partial charge in [0.15, 0.2) is 16.9 Å². The Kier molecular flexibility index (Phi) is 6.22. The highest BCUT2D eigenvalue weighted by Gasteiger charge is 2.44. The fourth-order valence-corrected chi connectivity index (χ4v) is 4.61. The Morgan fingerprint density at radius 3 is 2.60 bits per heavy atom. The summed E-state index contributed by atoms with van der Waals surface area (Å²) >= 11 is 6.26. The van der Waals surface area contributed by atoms with Crippen LogP contribution in [0.5, 0.6) is 11.5 Å². The average molecular weight is 490 g/mol. The van der Waals surface area contributed by atoms with Crippen molar-refractivity contribution in [3.8, 4) is 11.5 Å². The van der Waals surface area contributed by atoms with E-state index >= 15 is 0 Å². The maximum Gasteiger partial charge on any atom is 0.295 e. The van der Waals surface area contributed by atoms with Crippen LogP contribution in [0.1, 0.15) is 47.5 Å². The maximum atomic E-state index is 13.7. The SMILES string of the molecule is CCCCOc1ccc(C2c3c(oc4ccccc4c3=O)C(=O)N2c2cccc(Cl)c2)cc1OC. The van der Waals surface area contributed by atoms with Gasteiger partial charge in [-0.15, -0.1) is 0 Å². The quantitative estimate of drug-likeness (QED) is 0.281. The van der Waals surface area contributed by atoms with E-state index in [0.717, 1.165) is 12.8 Å². The van der Waals surface area contributed by atoms with E-state index in [0.29, 0.717) is 45.3 Å². The highest BCUT2D eigenvalue weighted by atomic mass is 35.5. The Balaban J connectivity index is 1.71. The summed E-state index contributed by atoms with van der Waals surface area (Å²) in [7, 11) is 1.57. The van der Waals surface area contributed by atoms with Crippen molar-refractivity contribution in [1.29, 1.82) is 0 Å². The molecule has 5 rings (SSSR count). The number of anilines is 1. The molecule has 1 aliphatic heterocycles. The van der Waals surface area contributed by atoms with Crippen molar-refractivity contribution in [3.63, 3.8) is 0 Å². The molecule has 35 heavy (non-hydrogen) atoms. The molecule has 1 aliphatic rings. The van der Waals surface area contributed by atoms with Crippen molar-refractivity contribution in [2.24, 2.45) is 0 Å².